The topological polar surface area (TPSA) is 55.8 Å². The smallest absolute Gasteiger partial charge is 0.178 e. The largest absolute Gasteiger partial charge is 0.508 e. The molecule has 0 saturated carbocycles. The Bertz CT molecular complexity index is 1570. The molecule has 6 rings (SSSR count). The Balaban J connectivity index is 1.75. The van der Waals surface area contributed by atoms with Crippen molar-refractivity contribution in [2.45, 2.75) is 5.92 Å². The standard InChI is InChI=1S/C29H20O4/c1-32-19-12-13-22-25(16-19)33-24-15-11-18-7-3-5-9-21(18)27(24)28(29(22)31)26-20-8-4-2-6-17(20)10-14-23(26)30/h2-16,28,30H,1H3. The molecular weight excluding hydrogens is 412 g/mol. The highest BCUT2D eigenvalue weighted by Gasteiger charge is 2.36. The number of carbonyl (C=O) groups is 1. The summed E-state index contributed by atoms with van der Waals surface area (Å²) in [6.45, 7) is 0. The van der Waals surface area contributed by atoms with Crippen LogP contribution in [0.1, 0.15) is 27.4 Å². The first-order valence-corrected chi connectivity index (χ1v) is 10.8. The number of hydrogen-bond donors (Lipinski definition) is 1. The molecule has 0 saturated heterocycles. The third-order valence-electron chi connectivity index (χ3n) is 6.39. The maximum Gasteiger partial charge on any atom is 0.178 e. The van der Waals surface area contributed by atoms with Gasteiger partial charge < -0.3 is 14.6 Å². The molecule has 5 aromatic carbocycles. The molecule has 160 valence electrons. The number of Topliss-reactive ketones (excluding diaryl/α,β-unsaturated/α-hetero) is 1. The summed E-state index contributed by atoms with van der Waals surface area (Å²) in [4.78, 5) is 14.2. The van der Waals surface area contributed by atoms with Crippen LogP contribution in [0, 0.1) is 0 Å². The molecule has 1 aliphatic rings. The first-order chi connectivity index (χ1) is 16.2. The number of aromatic hydroxyl groups is 1. The molecule has 1 N–H and O–H groups in total. The molecule has 0 radical (unpaired) electrons. The highest BCUT2D eigenvalue weighted by molar-refractivity contribution is 6.11. The molecule has 0 aromatic heterocycles. The van der Waals surface area contributed by atoms with E-state index in [2.05, 4.69) is 0 Å². The molecule has 1 aliphatic heterocycles. The fraction of sp³-hybridized carbons (Fsp3) is 0.0690. The van der Waals surface area contributed by atoms with Crippen molar-refractivity contribution in [2.24, 2.45) is 0 Å². The van der Waals surface area contributed by atoms with E-state index in [1.165, 1.54) is 0 Å². The van der Waals surface area contributed by atoms with Gasteiger partial charge in [0, 0.05) is 17.2 Å². The molecule has 4 heteroatoms. The molecule has 0 aliphatic carbocycles. The first kappa shape index (κ1) is 19.4. The van der Waals surface area contributed by atoms with Gasteiger partial charge in [-0.1, -0.05) is 60.7 Å². The molecule has 1 heterocycles. The summed E-state index contributed by atoms with van der Waals surface area (Å²) in [6.07, 6.45) is 0. The van der Waals surface area contributed by atoms with Gasteiger partial charge in [-0.3, -0.25) is 4.79 Å². The third-order valence-corrected chi connectivity index (χ3v) is 6.39. The lowest BCUT2D eigenvalue weighted by atomic mass is 9.80. The number of phenolic OH excluding ortho intramolecular Hbond substituents is 1. The average Bonchev–Trinajstić information content (AvgIpc) is 2.97. The van der Waals surface area contributed by atoms with Crippen molar-refractivity contribution >= 4 is 27.3 Å². The van der Waals surface area contributed by atoms with Crippen LogP contribution in [-0.2, 0) is 0 Å². The fourth-order valence-electron chi connectivity index (χ4n) is 4.85. The lowest BCUT2D eigenvalue weighted by Gasteiger charge is -2.21. The van der Waals surface area contributed by atoms with Crippen molar-refractivity contribution < 1.29 is 19.4 Å². The monoisotopic (exact) mass is 432 g/mol. The van der Waals surface area contributed by atoms with Crippen LogP contribution in [0.25, 0.3) is 21.5 Å². The van der Waals surface area contributed by atoms with Crippen LogP contribution in [0.5, 0.6) is 23.0 Å². The number of ether oxygens (including phenoxy) is 2. The average molecular weight is 432 g/mol. The Morgan fingerprint density at radius 3 is 2.15 bits per heavy atom. The molecule has 5 aromatic rings. The zero-order valence-corrected chi connectivity index (χ0v) is 17.9. The Kier molecular flexibility index (Phi) is 4.34. The molecule has 1 unspecified atom stereocenters. The Morgan fingerprint density at radius 1 is 0.758 bits per heavy atom. The van der Waals surface area contributed by atoms with Crippen LogP contribution in [0.3, 0.4) is 0 Å². The van der Waals surface area contributed by atoms with Crippen LogP contribution in [0.15, 0.2) is 91.0 Å². The van der Waals surface area contributed by atoms with Crippen molar-refractivity contribution in [3.8, 4) is 23.0 Å². The van der Waals surface area contributed by atoms with Crippen molar-refractivity contribution in [3.05, 3.63) is 108 Å². The number of fused-ring (bicyclic) bond motifs is 5. The highest BCUT2D eigenvalue weighted by Crippen LogP contribution is 2.49. The number of carbonyl (C=O) groups excluding carboxylic acids is 1. The second kappa shape index (κ2) is 7.38. The quantitative estimate of drug-likeness (QED) is 0.332. The van der Waals surface area contributed by atoms with E-state index < -0.39 is 5.92 Å². The summed E-state index contributed by atoms with van der Waals surface area (Å²) < 4.78 is 11.7. The summed E-state index contributed by atoms with van der Waals surface area (Å²) in [6, 6.07) is 28.4. The number of ketones is 1. The van der Waals surface area contributed by atoms with Crippen LogP contribution < -0.4 is 9.47 Å². The van der Waals surface area contributed by atoms with E-state index in [9.17, 15) is 9.90 Å². The predicted octanol–water partition coefficient (Wildman–Crippen LogP) is 6.83. The number of phenols is 1. The highest BCUT2D eigenvalue weighted by atomic mass is 16.5. The van der Waals surface area contributed by atoms with Gasteiger partial charge in [-0.2, -0.15) is 0 Å². The number of rotatable bonds is 2. The van der Waals surface area contributed by atoms with Gasteiger partial charge in [0.25, 0.3) is 0 Å². The molecular formula is C29H20O4. The van der Waals surface area contributed by atoms with E-state index >= 15 is 0 Å². The molecule has 0 bridgehead atoms. The van der Waals surface area contributed by atoms with Gasteiger partial charge in [0.05, 0.1) is 18.6 Å². The predicted molar refractivity (Wildman–Crippen MR) is 129 cm³/mol. The van der Waals surface area contributed by atoms with Gasteiger partial charge in [0.1, 0.15) is 23.0 Å². The molecule has 1 atom stereocenters. The number of benzene rings is 5. The minimum absolute atomic E-state index is 0.0860. The van der Waals surface area contributed by atoms with E-state index in [0.29, 0.717) is 28.4 Å². The van der Waals surface area contributed by atoms with Gasteiger partial charge in [0.15, 0.2) is 5.78 Å². The molecule has 4 nitrogen and oxygen atoms in total. The van der Waals surface area contributed by atoms with E-state index in [1.54, 1.807) is 31.4 Å². The van der Waals surface area contributed by atoms with Gasteiger partial charge >= 0.3 is 0 Å². The summed E-state index contributed by atoms with van der Waals surface area (Å²) in [5.74, 6) is 0.851. The maximum atomic E-state index is 14.2. The van der Waals surface area contributed by atoms with Crippen LogP contribution in [0.4, 0.5) is 0 Å². The van der Waals surface area contributed by atoms with E-state index in [0.717, 1.165) is 27.1 Å². The molecule has 0 amide bonds. The molecule has 0 fully saturated rings. The zero-order chi connectivity index (χ0) is 22.5. The lowest BCUT2D eigenvalue weighted by molar-refractivity contribution is 0.0974. The minimum atomic E-state index is -0.744. The van der Waals surface area contributed by atoms with Gasteiger partial charge in [-0.25, -0.2) is 0 Å². The minimum Gasteiger partial charge on any atom is -0.508 e. The SMILES string of the molecule is COc1ccc2c(c1)Oc1ccc3ccccc3c1C(c1c(O)ccc3ccccc13)C2=O. The Morgan fingerprint density at radius 2 is 1.42 bits per heavy atom. The summed E-state index contributed by atoms with van der Waals surface area (Å²) in [7, 11) is 1.58. The number of methoxy groups -OCH3 is 1. The van der Waals surface area contributed by atoms with Gasteiger partial charge in [-0.05, 0) is 45.8 Å². The van der Waals surface area contributed by atoms with Crippen molar-refractivity contribution in [3.63, 3.8) is 0 Å². The molecule has 0 spiro atoms. The van der Waals surface area contributed by atoms with Gasteiger partial charge in [0.2, 0.25) is 0 Å². The van der Waals surface area contributed by atoms with Crippen molar-refractivity contribution in [1.82, 2.24) is 0 Å². The Labute approximate surface area is 190 Å². The van der Waals surface area contributed by atoms with E-state index in [-0.39, 0.29) is 11.5 Å². The van der Waals surface area contributed by atoms with E-state index in [1.807, 2.05) is 66.7 Å². The second-order valence-electron chi connectivity index (χ2n) is 8.18. The normalized spacial score (nSPS) is 14.9. The van der Waals surface area contributed by atoms with Crippen LogP contribution in [0.2, 0.25) is 0 Å². The maximum absolute atomic E-state index is 14.2. The Hall–Kier alpha value is -4.31. The van der Waals surface area contributed by atoms with Crippen LogP contribution >= 0.6 is 0 Å². The van der Waals surface area contributed by atoms with Crippen molar-refractivity contribution in [1.29, 1.82) is 0 Å². The zero-order valence-electron chi connectivity index (χ0n) is 17.9. The second-order valence-corrected chi connectivity index (χ2v) is 8.18. The molecule has 33 heavy (non-hydrogen) atoms. The first-order valence-electron chi connectivity index (χ1n) is 10.8. The van der Waals surface area contributed by atoms with Gasteiger partial charge in [-0.15, -0.1) is 0 Å². The summed E-state index contributed by atoms with van der Waals surface area (Å²) >= 11 is 0. The van der Waals surface area contributed by atoms with E-state index in [4.69, 9.17) is 9.47 Å². The van der Waals surface area contributed by atoms with Crippen molar-refractivity contribution in [2.75, 3.05) is 7.11 Å². The lowest BCUT2D eigenvalue weighted by Crippen LogP contribution is -2.14. The summed E-state index contributed by atoms with van der Waals surface area (Å²) in [5, 5.41) is 14.8. The summed E-state index contributed by atoms with van der Waals surface area (Å²) in [5.41, 5.74) is 1.79. The fourth-order valence-corrected chi connectivity index (χ4v) is 4.85. The van der Waals surface area contributed by atoms with Crippen LogP contribution in [-0.4, -0.2) is 18.0 Å². The number of hydrogen-bond acceptors (Lipinski definition) is 4. The third kappa shape index (κ3) is 2.95.